The Morgan fingerprint density at radius 2 is 2.31 bits per heavy atom. The number of hydrogen-bond acceptors (Lipinski definition) is 8. The summed E-state index contributed by atoms with van der Waals surface area (Å²) in [5.74, 6) is 0.0364. The van der Waals surface area contributed by atoms with Gasteiger partial charge in [-0.25, -0.2) is 14.7 Å². The van der Waals surface area contributed by atoms with Crippen LogP contribution in [0.25, 0.3) is 10.9 Å². The minimum atomic E-state index is -0.613. The summed E-state index contributed by atoms with van der Waals surface area (Å²) in [6, 6.07) is 2.28. The van der Waals surface area contributed by atoms with Crippen molar-refractivity contribution in [3.63, 3.8) is 0 Å². The number of carbonyl (C=O) groups excluding carboxylic acids is 2. The lowest BCUT2D eigenvalue weighted by molar-refractivity contribution is -0.139. The van der Waals surface area contributed by atoms with Crippen LogP contribution in [0.3, 0.4) is 0 Å². The second kappa shape index (κ2) is 8.04. The summed E-state index contributed by atoms with van der Waals surface area (Å²) >= 11 is 4.13. The third kappa shape index (κ3) is 4.04. The summed E-state index contributed by atoms with van der Waals surface area (Å²) in [5.41, 5.74) is 0.179. The smallest absolute Gasteiger partial charge is 0.328 e. The molecule has 3 rings (SSSR count). The number of fused-ring (bicyclic) bond motifs is 1. The van der Waals surface area contributed by atoms with Gasteiger partial charge in [-0.05, 0) is 18.6 Å². The first-order chi connectivity index (χ1) is 12.6. The topological polar surface area (TPSA) is 129 Å². The zero-order valence-electron chi connectivity index (χ0n) is 13.8. The van der Waals surface area contributed by atoms with Crippen LogP contribution in [-0.4, -0.2) is 57.2 Å². The molecule has 26 heavy (non-hydrogen) atoms. The van der Waals surface area contributed by atoms with E-state index >= 15 is 0 Å². The first-order valence-electron chi connectivity index (χ1n) is 8.07. The zero-order valence-corrected chi connectivity index (χ0v) is 14.7. The number of nitrogens with one attached hydrogen (secondary N) is 3. The number of amides is 2. The van der Waals surface area contributed by atoms with Crippen molar-refractivity contribution in [2.75, 3.05) is 25.0 Å². The number of nitrogens with zero attached hydrogens (tertiary/aromatic N) is 3. The number of rotatable bonds is 6. The fourth-order valence-corrected chi connectivity index (χ4v) is 2.71. The van der Waals surface area contributed by atoms with Gasteiger partial charge in [-0.2, -0.15) is 5.10 Å². The standard InChI is InChI=1S/C15H18N6O4S/c22-13-9-3-1-5-16-11(9)12(19-20-13)17-6-2-7-21(26)15(24)18-10-4-8-25-14(10)23/h1,3,5,10,26H,2,4,6-8H2,(H,17,19)(H,18,24)(H,20,22). The van der Waals surface area contributed by atoms with Gasteiger partial charge < -0.3 is 15.4 Å². The number of cyclic esters (lactones) is 1. The Hall–Kier alpha value is -2.82. The number of aromatic amines is 1. The highest BCUT2D eigenvalue weighted by molar-refractivity contribution is 7.78. The molecule has 2 aromatic rings. The van der Waals surface area contributed by atoms with E-state index in [1.807, 2.05) is 0 Å². The van der Waals surface area contributed by atoms with E-state index in [0.717, 1.165) is 0 Å². The predicted octanol–water partition coefficient (Wildman–Crippen LogP) is 0.292. The monoisotopic (exact) mass is 378 g/mol. The van der Waals surface area contributed by atoms with E-state index in [4.69, 9.17) is 4.74 Å². The van der Waals surface area contributed by atoms with Crippen LogP contribution in [0.15, 0.2) is 23.1 Å². The Balaban J connectivity index is 1.48. The SMILES string of the molecule is O=C1OCCC1NC(=O)N(S)CCCNc1n[nH]c(=O)c2cccnc12. The summed E-state index contributed by atoms with van der Waals surface area (Å²) in [7, 11) is 0. The molecule has 3 N–H and O–H groups in total. The van der Waals surface area contributed by atoms with Crippen molar-refractivity contribution in [2.24, 2.45) is 0 Å². The molecular formula is C15H18N6O4S. The number of pyridine rings is 1. The van der Waals surface area contributed by atoms with E-state index < -0.39 is 18.0 Å². The summed E-state index contributed by atoms with van der Waals surface area (Å²) in [6.07, 6.45) is 2.62. The summed E-state index contributed by atoms with van der Waals surface area (Å²) in [4.78, 5) is 39.2. The second-order valence-electron chi connectivity index (χ2n) is 5.66. The second-order valence-corrected chi connectivity index (χ2v) is 6.15. The molecule has 10 nitrogen and oxygen atoms in total. The molecule has 0 saturated carbocycles. The highest BCUT2D eigenvalue weighted by Gasteiger charge is 2.28. The van der Waals surface area contributed by atoms with Gasteiger partial charge in [-0.1, -0.05) is 12.8 Å². The average molecular weight is 378 g/mol. The molecule has 1 unspecified atom stereocenters. The maximum Gasteiger partial charge on any atom is 0.328 e. The zero-order chi connectivity index (χ0) is 18.5. The minimum absolute atomic E-state index is 0.303. The van der Waals surface area contributed by atoms with Gasteiger partial charge in [0.05, 0.1) is 12.0 Å². The van der Waals surface area contributed by atoms with Crippen LogP contribution in [0.5, 0.6) is 0 Å². The van der Waals surface area contributed by atoms with Crippen molar-refractivity contribution in [2.45, 2.75) is 18.9 Å². The minimum Gasteiger partial charge on any atom is -0.464 e. The number of ether oxygens (including phenoxy) is 1. The van der Waals surface area contributed by atoms with Gasteiger partial charge in [-0.15, -0.1) is 0 Å². The molecule has 0 spiro atoms. The van der Waals surface area contributed by atoms with Crippen LogP contribution in [0.1, 0.15) is 12.8 Å². The first kappa shape index (κ1) is 18.0. The summed E-state index contributed by atoms with van der Waals surface area (Å²) in [6.45, 7) is 1.15. The molecule has 1 atom stereocenters. The molecule has 1 aliphatic rings. The fraction of sp³-hybridized carbons (Fsp3) is 0.400. The van der Waals surface area contributed by atoms with Crippen molar-refractivity contribution < 1.29 is 14.3 Å². The number of carbonyl (C=O) groups is 2. The molecule has 11 heteroatoms. The van der Waals surface area contributed by atoms with Gasteiger partial charge in [0.1, 0.15) is 11.6 Å². The van der Waals surface area contributed by atoms with E-state index in [1.165, 1.54) is 4.31 Å². The molecule has 2 aromatic heterocycles. The summed E-state index contributed by atoms with van der Waals surface area (Å²) < 4.78 is 5.99. The van der Waals surface area contributed by atoms with Crippen LogP contribution in [0.2, 0.25) is 0 Å². The van der Waals surface area contributed by atoms with Crippen LogP contribution in [0.4, 0.5) is 10.6 Å². The molecule has 0 aromatic carbocycles. The van der Waals surface area contributed by atoms with Gasteiger partial charge in [-0.3, -0.25) is 14.1 Å². The molecular weight excluding hydrogens is 360 g/mol. The Morgan fingerprint density at radius 3 is 3.08 bits per heavy atom. The number of anilines is 1. The molecule has 138 valence electrons. The van der Waals surface area contributed by atoms with Crippen LogP contribution < -0.4 is 16.2 Å². The quantitative estimate of drug-likeness (QED) is 0.323. The maximum atomic E-state index is 12.0. The lowest BCUT2D eigenvalue weighted by Gasteiger charge is -2.18. The van der Waals surface area contributed by atoms with E-state index in [1.54, 1.807) is 18.3 Å². The number of esters is 1. The van der Waals surface area contributed by atoms with E-state index in [2.05, 4.69) is 38.6 Å². The van der Waals surface area contributed by atoms with Crippen LogP contribution in [0, 0.1) is 0 Å². The number of urea groups is 1. The number of H-pyrrole nitrogens is 1. The summed E-state index contributed by atoms with van der Waals surface area (Å²) in [5, 5.41) is 12.5. The van der Waals surface area contributed by atoms with Gasteiger partial charge >= 0.3 is 12.0 Å². The lowest BCUT2D eigenvalue weighted by atomic mass is 10.2. The largest absolute Gasteiger partial charge is 0.464 e. The molecule has 0 bridgehead atoms. The Kier molecular flexibility index (Phi) is 5.56. The van der Waals surface area contributed by atoms with Crippen LogP contribution >= 0.6 is 12.8 Å². The third-order valence-corrected chi connectivity index (χ3v) is 4.23. The molecule has 0 radical (unpaired) electrons. The molecule has 1 aliphatic heterocycles. The van der Waals surface area contributed by atoms with Crippen molar-refractivity contribution in [1.82, 2.24) is 24.8 Å². The fourth-order valence-electron chi connectivity index (χ4n) is 2.51. The Bertz CT molecular complexity index is 873. The highest BCUT2D eigenvalue weighted by atomic mass is 32.1. The van der Waals surface area contributed by atoms with E-state index in [0.29, 0.717) is 49.3 Å². The van der Waals surface area contributed by atoms with Crippen molar-refractivity contribution in [3.05, 3.63) is 28.7 Å². The number of hydrogen-bond donors (Lipinski definition) is 4. The lowest BCUT2D eigenvalue weighted by Crippen LogP contribution is -2.43. The Labute approximate surface area is 153 Å². The molecule has 0 aliphatic carbocycles. The first-order valence-corrected chi connectivity index (χ1v) is 8.47. The molecule has 3 heterocycles. The van der Waals surface area contributed by atoms with Gasteiger partial charge in [0, 0.05) is 25.7 Å². The molecule has 2 amide bonds. The van der Waals surface area contributed by atoms with Gasteiger partial charge in [0.2, 0.25) is 0 Å². The van der Waals surface area contributed by atoms with Crippen LogP contribution in [-0.2, 0) is 9.53 Å². The average Bonchev–Trinajstić information content (AvgIpc) is 3.05. The normalized spacial score (nSPS) is 16.3. The number of thiol groups is 1. The predicted molar refractivity (Wildman–Crippen MR) is 96.9 cm³/mol. The maximum absolute atomic E-state index is 12.0. The van der Waals surface area contributed by atoms with Crippen molar-refractivity contribution >= 4 is 41.5 Å². The van der Waals surface area contributed by atoms with Crippen molar-refractivity contribution in [1.29, 1.82) is 0 Å². The Morgan fingerprint density at radius 1 is 1.46 bits per heavy atom. The van der Waals surface area contributed by atoms with Gasteiger partial charge in [0.25, 0.3) is 5.56 Å². The third-order valence-electron chi connectivity index (χ3n) is 3.85. The molecule has 1 saturated heterocycles. The van der Waals surface area contributed by atoms with E-state index in [9.17, 15) is 14.4 Å². The van der Waals surface area contributed by atoms with E-state index in [-0.39, 0.29) is 5.56 Å². The van der Waals surface area contributed by atoms with Crippen molar-refractivity contribution in [3.8, 4) is 0 Å². The number of aromatic nitrogens is 3. The molecule has 1 fully saturated rings. The highest BCUT2D eigenvalue weighted by Crippen LogP contribution is 2.13. The van der Waals surface area contributed by atoms with Gasteiger partial charge in [0.15, 0.2) is 5.82 Å².